The number of nitrogen functional groups attached to an aromatic ring is 1. The second-order valence-corrected chi connectivity index (χ2v) is 9.72. The first-order valence-electron chi connectivity index (χ1n) is 13.2. The number of aromatic nitrogens is 1. The Labute approximate surface area is 197 Å². The van der Waals surface area contributed by atoms with Crippen molar-refractivity contribution in [3.05, 3.63) is 22.5 Å². The van der Waals surface area contributed by atoms with E-state index in [2.05, 4.69) is 11.5 Å². The summed E-state index contributed by atoms with van der Waals surface area (Å²) < 4.78 is 2.71. The maximum absolute atomic E-state index is 6.52. The zero-order valence-electron chi connectivity index (χ0n) is 19.8. The summed E-state index contributed by atoms with van der Waals surface area (Å²) in [5.74, 6) is 0. The Kier molecular flexibility index (Phi) is 12.4. The second-order valence-electron chi connectivity index (χ2n) is 9.72. The number of pyridine rings is 1. The fourth-order valence-electron chi connectivity index (χ4n) is 5.71. The highest BCUT2D eigenvalue weighted by molar-refractivity contribution is 5.57. The molecule has 2 aliphatic rings. The number of halogens is 1. The van der Waals surface area contributed by atoms with E-state index in [4.69, 9.17) is 5.73 Å². The summed E-state index contributed by atoms with van der Waals surface area (Å²) >= 11 is 0. The summed E-state index contributed by atoms with van der Waals surface area (Å²) in [6.07, 6.45) is 27.7. The Hall–Kier alpha value is -0.570. The molecule has 172 valence electrons. The largest absolute Gasteiger partial charge is 1.00 e. The molecule has 0 amide bonds. The van der Waals surface area contributed by atoms with Crippen LogP contribution in [0, 0.1) is 0 Å². The first-order valence-corrected chi connectivity index (χ1v) is 13.2. The molecule has 0 saturated heterocycles. The van der Waals surface area contributed by atoms with E-state index in [1.54, 1.807) is 11.4 Å². The Morgan fingerprint density at radius 1 is 0.600 bits per heavy atom. The van der Waals surface area contributed by atoms with Gasteiger partial charge in [0, 0.05) is 30.4 Å². The van der Waals surface area contributed by atoms with Crippen LogP contribution in [0.1, 0.15) is 132 Å². The summed E-state index contributed by atoms with van der Waals surface area (Å²) in [4.78, 5) is 0. The van der Waals surface area contributed by atoms with E-state index >= 15 is 0 Å². The molecule has 0 atom stereocenters. The van der Waals surface area contributed by atoms with Crippen LogP contribution >= 0.6 is 0 Å². The Morgan fingerprint density at radius 2 is 1.00 bits per heavy atom. The molecule has 1 heterocycles. The van der Waals surface area contributed by atoms with Crippen LogP contribution < -0.4 is 27.3 Å². The highest BCUT2D eigenvalue weighted by Gasteiger charge is 2.33. The number of anilines is 1. The zero-order valence-corrected chi connectivity index (χ0v) is 21.3. The Balaban J connectivity index is 0.00000320. The van der Waals surface area contributed by atoms with Gasteiger partial charge in [0.1, 0.15) is 6.54 Å². The van der Waals surface area contributed by atoms with Crippen molar-refractivity contribution < 1.29 is 21.5 Å². The Bertz CT molecular complexity index is 591. The quantitative estimate of drug-likeness (QED) is 0.299. The zero-order chi connectivity index (χ0) is 20.3. The van der Waals surface area contributed by atoms with Crippen LogP contribution in [0.4, 0.5) is 5.69 Å². The third-order valence-corrected chi connectivity index (χ3v) is 7.41. The number of nitrogens with two attached hydrogens (primary N) is 1. The third kappa shape index (κ3) is 7.24. The lowest BCUT2D eigenvalue weighted by Gasteiger charge is -2.12. The standard InChI is InChI=1S/C27H46N2.BrH/c1-2-3-4-5-6-7-8-9-10-11-12-13-14-15-22-29-25-20-16-18-23(25)27(28)24-19-17-21-26(24)29;/h28H,2-22H2,1H3;1H. The van der Waals surface area contributed by atoms with E-state index in [0.29, 0.717) is 0 Å². The monoisotopic (exact) mass is 478 g/mol. The normalized spacial score (nSPS) is 14.6. The molecule has 0 aliphatic heterocycles. The summed E-state index contributed by atoms with van der Waals surface area (Å²) in [6, 6.07) is 0. The molecule has 1 aromatic rings. The first kappa shape index (κ1) is 25.7. The van der Waals surface area contributed by atoms with Crippen LogP contribution in [0.5, 0.6) is 0 Å². The van der Waals surface area contributed by atoms with Crippen LogP contribution in [0.25, 0.3) is 0 Å². The van der Waals surface area contributed by atoms with Gasteiger partial charge in [0.2, 0.25) is 0 Å². The first-order chi connectivity index (χ1) is 14.3. The van der Waals surface area contributed by atoms with E-state index in [1.807, 2.05) is 0 Å². The van der Waals surface area contributed by atoms with Gasteiger partial charge >= 0.3 is 0 Å². The van der Waals surface area contributed by atoms with Crippen LogP contribution in [-0.4, -0.2) is 0 Å². The number of unbranched alkanes of at least 4 members (excludes halogenated alkanes) is 13. The van der Waals surface area contributed by atoms with E-state index < -0.39 is 0 Å². The van der Waals surface area contributed by atoms with Gasteiger partial charge in [-0.1, -0.05) is 84.0 Å². The van der Waals surface area contributed by atoms with Crippen molar-refractivity contribution in [2.45, 2.75) is 142 Å². The molecular formula is C27H47BrN2. The highest BCUT2D eigenvalue weighted by Crippen LogP contribution is 2.33. The van der Waals surface area contributed by atoms with Gasteiger partial charge < -0.3 is 22.7 Å². The molecule has 3 heteroatoms. The maximum atomic E-state index is 6.52. The van der Waals surface area contributed by atoms with Gasteiger partial charge in [0.25, 0.3) is 0 Å². The minimum absolute atomic E-state index is 0. The number of rotatable bonds is 15. The molecule has 2 nitrogen and oxygen atoms in total. The number of fused-ring (bicyclic) bond motifs is 2. The summed E-state index contributed by atoms with van der Waals surface area (Å²) in [5, 5.41) is 0. The Morgan fingerprint density at radius 3 is 1.43 bits per heavy atom. The van der Waals surface area contributed by atoms with Gasteiger partial charge in [-0.3, -0.25) is 0 Å². The fourth-order valence-corrected chi connectivity index (χ4v) is 5.71. The van der Waals surface area contributed by atoms with Gasteiger partial charge in [-0.05, 0) is 32.1 Å². The van der Waals surface area contributed by atoms with Gasteiger partial charge in [0.05, 0.1) is 5.69 Å². The van der Waals surface area contributed by atoms with Crippen LogP contribution in [-0.2, 0) is 32.2 Å². The summed E-state index contributed by atoms with van der Waals surface area (Å²) in [5.41, 5.74) is 13.9. The molecule has 2 N–H and O–H groups in total. The average Bonchev–Trinajstić information content (AvgIpc) is 3.40. The van der Waals surface area contributed by atoms with Crippen molar-refractivity contribution in [1.29, 1.82) is 0 Å². The van der Waals surface area contributed by atoms with Crippen LogP contribution in [0.2, 0.25) is 0 Å². The van der Waals surface area contributed by atoms with Crippen LogP contribution in [0.3, 0.4) is 0 Å². The van der Waals surface area contributed by atoms with Crippen molar-refractivity contribution in [1.82, 2.24) is 0 Å². The predicted molar refractivity (Wildman–Crippen MR) is 125 cm³/mol. The lowest BCUT2D eigenvalue weighted by molar-refractivity contribution is -0.711. The molecule has 0 unspecified atom stereocenters. The van der Waals surface area contributed by atoms with E-state index in [-0.39, 0.29) is 17.0 Å². The van der Waals surface area contributed by atoms with Gasteiger partial charge in [0.15, 0.2) is 11.4 Å². The van der Waals surface area contributed by atoms with Crippen LogP contribution in [0.15, 0.2) is 0 Å². The van der Waals surface area contributed by atoms with E-state index in [9.17, 15) is 0 Å². The molecule has 0 spiro atoms. The molecule has 0 radical (unpaired) electrons. The topological polar surface area (TPSA) is 29.9 Å². The molecule has 1 aromatic heterocycles. The maximum Gasteiger partial charge on any atom is 0.186 e. The lowest BCUT2D eigenvalue weighted by Crippen LogP contribution is -3.00. The fraction of sp³-hybridized carbons (Fsp3) is 0.815. The van der Waals surface area contributed by atoms with Crippen molar-refractivity contribution in [3.63, 3.8) is 0 Å². The summed E-state index contributed by atoms with van der Waals surface area (Å²) in [7, 11) is 0. The van der Waals surface area contributed by atoms with Gasteiger partial charge in [-0.25, -0.2) is 0 Å². The number of hydrogen-bond donors (Lipinski definition) is 1. The molecule has 0 bridgehead atoms. The average molecular weight is 480 g/mol. The molecule has 0 aromatic carbocycles. The third-order valence-electron chi connectivity index (χ3n) is 7.41. The van der Waals surface area contributed by atoms with E-state index in [1.165, 1.54) is 152 Å². The van der Waals surface area contributed by atoms with Crippen molar-refractivity contribution in [3.8, 4) is 0 Å². The number of hydrogen-bond acceptors (Lipinski definition) is 1. The van der Waals surface area contributed by atoms with Crippen molar-refractivity contribution in [2.75, 3.05) is 5.73 Å². The molecule has 0 saturated carbocycles. The van der Waals surface area contributed by atoms with Gasteiger partial charge in [-0.2, -0.15) is 4.57 Å². The second kappa shape index (κ2) is 14.5. The SMILES string of the molecule is CCCCCCCCCCCCCCCC[n+]1c2c(c(N)c3c1CCC3)CCC2.[Br-]. The molecule has 2 aliphatic carbocycles. The smallest absolute Gasteiger partial charge is 0.186 e. The number of nitrogens with zero attached hydrogens (tertiary/aromatic N) is 1. The summed E-state index contributed by atoms with van der Waals surface area (Å²) in [6.45, 7) is 3.54. The lowest BCUT2D eigenvalue weighted by atomic mass is 10.0. The van der Waals surface area contributed by atoms with Crippen molar-refractivity contribution >= 4 is 5.69 Å². The molecular weight excluding hydrogens is 432 g/mol. The minimum atomic E-state index is 0. The van der Waals surface area contributed by atoms with Gasteiger partial charge in [-0.15, -0.1) is 0 Å². The minimum Gasteiger partial charge on any atom is -1.00 e. The molecule has 30 heavy (non-hydrogen) atoms. The van der Waals surface area contributed by atoms with Crippen molar-refractivity contribution in [2.24, 2.45) is 0 Å². The highest BCUT2D eigenvalue weighted by atomic mass is 79.9. The predicted octanol–water partition coefficient (Wildman–Crippen LogP) is 4.02. The molecule has 0 fully saturated rings. The molecule has 3 rings (SSSR count). The van der Waals surface area contributed by atoms with E-state index in [0.717, 1.165) is 0 Å².